The molecule has 0 fully saturated rings. The normalized spacial score (nSPS) is 12.7. The Morgan fingerprint density at radius 3 is 2.32 bits per heavy atom. The number of ether oxygens (including phenoxy) is 1. The molecule has 2 aromatic carbocycles. The van der Waals surface area contributed by atoms with Crippen molar-refractivity contribution in [2.45, 2.75) is 17.9 Å². The Bertz CT molecular complexity index is 757. The van der Waals surface area contributed by atoms with Crippen molar-refractivity contribution in [1.82, 2.24) is 0 Å². The van der Waals surface area contributed by atoms with Gasteiger partial charge in [0, 0.05) is 18.4 Å². The van der Waals surface area contributed by atoms with Crippen LogP contribution in [0.5, 0.6) is 5.75 Å². The Labute approximate surface area is 129 Å². The minimum atomic E-state index is -3.21. The van der Waals surface area contributed by atoms with E-state index in [-0.39, 0.29) is 16.8 Å². The number of halogens is 1. The lowest BCUT2D eigenvalue weighted by atomic mass is 10.1. The van der Waals surface area contributed by atoms with Crippen LogP contribution in [0.2, 0.25) is 0 Å². The summed E-state index contributed by atoms with van der Waals surface area (Å²) in [6, 6.07) is 10.7. The second-order valence-corrected chi connectivity index (χ2v) is 7.07. The monoisotopic (exact) mass is 323 g/mol. The molecule has 0 aliphatic rings. The highest BCUT2D eigenvalue weighted by Crippen LogP contribution is 2.29. The van der Waals surface area contributed by atoms with E-state index >= 15 is 0 Å². The quantitative estimate of drug-likeness (QED) is 0.916. The summed E-state index contributed by atoms with van der Waals surface area (Å²) in [5.74, 6) is 0.184. The van der Waals surface area contributed by atoms with Gasteiger partial charge in [-0.2, -0.15) is 0 Å². The first-order chi connectivity index (χ1) is 10.3. The van der Waals surface area contributed by atoms with Crippen LogP contribution in [0.1, 0.15) is 18.5 Å². The van der Waals surface area contributed by atoms with Gasteiger partial charge in [-0.15, -0.1) is 0 Å². The molecule has 6 heteroatoms. The van der Waals surface area contributed by atoms with Gasteiger partial charge in [0.15, 0.2) is 9.84 Å². The van der Waals surface area contributed by atoms with Crippen molar-refractivity contribution >= 4 is 15.5 Å². The third-order valence-electron chi connectivity index (χ3n) is 3.34. The number of sulfone groups is 1. The maximum Gasteiger partial charge on any atom is 0.175 e. The number of methoxy groups -OCH3 is 1. The molecule has 0 bridgehead atoms. The summed E-state index contributed by atoms with van der Waals surface area (Å²) in [6.45, 7) is 1.90. The van der Waals surface area contributed by atoms with E-state index in [9.17, 15) is 12.8 Å². The van der Waals surface area contributed by atoms with Gasteiger partial charge < -0.3 is 10.1 Å². The molecular formula is C16H18FNO3S. The number of rotatable bonds is 5. The van der Waals surface area contributed by atoms with Gasteiger partial charge in [0.1, 0.15) is 11.6 Å². The molecule has 0 aromatic heterocycles. The van der Waals surface area contributed by atoms with E-state index in [0.717, 1.165) is 5.56 Å². The molecule has 0 saturated heterocycles. The summed E-state index contributed by atoms with van der Waals surface area (Å²) >= 11 is 0. The standard InChI is InChI=1S/C16H18FNO3S/c1-11(12-4-7-14(8-5-12)22(3,19)20)18-15-10-13(17)6-9-16(15)21-2/h4-11,18H,1-3H3/t11-/m1/s1. The summed E-state index contributed by atoms with van der Waals surface area (Å²) in [4.78, 5) is 0.270. The SMILES string of the molecule is COc1ccc(F)cc1N[C@H](C)c1ccc(S(C)(=O)=O)cc1. The minimum absolute atomic E-state index is 0.135. The Hall–Kier alpha value is -2.08. The van der Waals surface area contributed by atoms with Crippen LogP contribution in [0.3, 0.4) is 0 Å². The maximum absolute atomic E-state index is 13.4. The van der Waals surface area contributed by atoms with Gasteiger partial charge >= 0.3 is 0 Å². The van der Waals surface area contributed by atoms with E-state index in [2.05, 4.69) is 5.32 Å². The summed E-state index contributed by atoms with van der Waals surface area (Å²) in [5.41, 5.74) is 1.43. The van der Waals surface area contributed by atoms with Crippen LogP contribution in [0, 0.1) is 5.82 Å². The van der Waals surface area contributed by atoms with Gasteiger partial charge in [-0.05, 0) is 36.8 Å². The highest BCUT2D eigenvalue weighted by atomic mass is 32.2. The zero-order valence-electron chi connectivity index (χ0n) is 12.6. The second kappa shape index (κ2) is 6.36. The molecule has 2 aromatic rings. The largest absolute Gasteiger partial charge is 0.495 e. The smallest absolute Gasteiger partial charge is 0.175 e. The molecular weight excluding hydrogens is 305 g/mol. The molecule has 118 valence electrons. The minimum Gasteiger partial charge on any atom is -0.495 e. The average Bonchev–Trinajstić information content (AvgIpc) is 2.46. The lowest BCUT2D eigenvalue weighted by Crippen LogP contribution is -2.08. The number of hydrogen-bond donors (Lipinski definition) is 1. The van der Waals surface area contributed by atoms with Crippen LogP contribution >= 0.6 is 0 Å². The third kappa shape index (κ3) is 3.76. The Morgan fingerprint density at radius 2 is 1.77 bits per heavy atom. The maximum atomic E-state index is 13.4. The molecule has 0 aliphatic heterocycles. The topological polar surface area (TPSA) is 55.4 Å². The number of anilines is 1. The summed E-state index contributed by atoms with van der Waals surface area (Å²) in [7, 11) is -1.69. The number of nitrogens with one attached hydrogen (secondary N) is 1. The fraction of sp³-hybridized carbons (Fsp3) is 0.250. The highest BCUT2D eigenvalue weighted by molar-refractivity contribution is 7.90. The van der Waals surface area contributed by atoms with Gasteiger partial charge in [0.05, 0.1) is 17.7 Å². The van der Waals surface area contributed by atoms with Gasteiger partial charge in [-0.25, -0.2) is 12.8 Å². The van der Waals surface area contributed by atoms with Crippen LogP contribution < -0.4 is 10.1 Å². The van der Waals surface area contributed by atoms with Crippen LogP contribution in [0.4, 0.5) is 10.1 Å². The molecule has 0 unspecified atom stereocenters. The van der Waals surface area contributed by atoms with Crippen molar-refractivity contribution in [3.8, 4) is 5.75 Å². The first-order valence-corrected chi connectivity index (χ1v) is 8.60. The molecule has 2 rings (SSSR count). The lowest BCUT2D eigenvalue weighted by molar-refractivity contribution is 0.415. The third-order valence-corrected chi connectivity index (χ3v) is 4.47. The zero-order valence-corrected chi connectivity index (χ0v) is 13.4. The van der Waals surface area contributed by atoms with Crippen molar-refractivity contribution in [2.75, 3.05) is 18.7 Å². The summed E-state index contributed by atoms with van der Waals surface area (Å²) < 4.78 is 41.5. The molecule has 1 atom stereocenters. The first kappa shape index (κ1) is 16.3. The Balaban J connectivity index is 2.22. The molecule has 0 saturated carbocycles. The van der Waals surface area contributed by atoms with E-state index < -0.39 is 9.84 Å². The van der Waals surface area contributed by atoms with Gasteiger partial charge in [0.2, 0.25) is 0 Å². The van der Waals surface area contributed by atoms with E-state index in [4.69, 9.17) is 4.74 Å². The van der Waals surface area contributed by atoms with Crippen molar-refractivity contribution < 1.29 is 17.5 Å². The molecule has 0 amide bonds. The number of hydrogen-bond acceptors (Lipinski definition) is 4. The molecule has 1 N–H and O–H groups in total. The molecule has 22 heavy (non-hydrogen) atoms. The van der Waals surface area contributed by atoms with Crippen LogP contribution in [0.25, 0.3) is 0 Å². The van der Waals surface area contributed by atoms with E-state index in [1.807, 2.05) is 6.92 Å². The van der Waals surface area contributed by atoms with Crippen LogP contribution in [0.15, 0.2) is 47.4 Å². The molecule has 0 heterocycles. The predicted molar refractivity (Wildman–Crippen MR) is 84.5 cm³/mol. The first-order valence-electron chi connectivity index (χ1n) is 6.71. The highest BCUT2D eigenvalue weighted by Gasteiger charge is 2.12. The van der Waals surface area contributed by atoms with Crippen LogP contribution in [-0.2, 0) is 9.84 Å². The number of benzene rings is 2. The molecule has 0 aliphatic carbocycles. The zero-order chi connectivity index (χ0) is 16.3. The molecule has 0 spiro atoms. The summed E-state index contributed by atoms with van der Waals surface area (Å²) in [5, 5.41) is 3.16. The fourth-order valence-electron chi connectivity index (χ4n) is 2.11. The van der Waals surface area contributed by atoms with Crippen molar-refractivity contribution in [1.29, 1.82) is 0 Å². The average molecular weight is 323 g/mol. The Kier molecular flexibility index (Phi) is 4.71. The lowest BCUT2D eigenvalue weighted by Gasteiger charge is -2.18. The van der Waals surface area contributed by atoms with Crippen molar-refractivity contribution in [3.63, 3.8) is 0 Å². The van der Waals surface area contributed by atoms with Crippen LogP contribution in [-0.4, -0.2) is 21.8 Å². The Morgan fingerprint density at radius 1 is 1.14 bits per heavy atom. The summed E-state index contributed by atoms with van der Waals surface area (Å²) in [6.07, 6.45) is 1.17. The molecule has 4 nitrogen and oxygen atoms in total. The second-order valence-electron chi connectivity index (χ2n) is 5.05. The van der Waals surface area contributed by atoms with E-state index in [1.165, 1.54) is 25.5 Å². The van der Waals surface area contributed by atoms with E-state index in [1.54, 1.807) is 30.3 Å². The van der Waals surface area contributed by atoms with E-state index in [0.29, 0.717) is 11.4 Å². The molecule has 0 radical (unpaired) electrons. The van der Waals surface area contributed by atoms with Crippen molar-refractivity contribution in [2.24, 2.45) is 0 Å². The van der Waals surface area contributed by atoms with Gasteiger partial charge in [-0.3, -0.25) is 0 Å². The fourth-order valence-corrected chi connectivity index (χ4v) is 2.74. The van der Waals surface area contributed by atoms with Gasteiger partial charge in [0.25, 0.3) is 0 Å². The van der Waals surface area contributed by atoms with Gasteiger partial charge in [-0.1, -0.05) is 12.1 Å². The van der Waals surface area contributed by atoms with Crippen molar-refractivity contribution in [3.05, 3.63) is 53.8 Å². The predicted octanol–water partition coefficient (Wildman–Crippen LogP) is 3.41.